The molecule has 4 N–H and O–H groups in total. The van der Waals surface area contributed by atoms with Gasteiger partial charge < -0.3 is 5.73 Å². The third kappa shape index (κ3) is 2.73. The number of primary amides is 1. The third-order valence-corrected chi connectivity index (χ3v) is 2.20. The molecule has 0 aromatic heterocycles. The molecule has 5 heteroatoms. The van der Waals surface area contributed by atoms with Crippen molar-refractivity contribution >= 4 is 11.9 Å². The van der Waals surface area contributed by atoms with Crippen molar-refractivity contribution in [1.82, 2.24) is 10.9 Å². The van der Waals surface area contributed by atoms with E-state index in [1.807, 2.05) is 32.9 Å². The Morgan fingerprint density at radius 2 is 1.56 bits per heavy atom. The molecule has 0 bridgehead atoms. The molecule has 0 atom stereocenters. The molecule has 1 aromatic rings. The van der Waals surface area contributed by atoms with Gasteiger partial charge in [0.1, 0.15) is 0 Å². The van der Waals surface area contributed by atoms with E-state index >= 15 is 0 Å². The molecule has 0 saturated heterocycles. The molecule has 0 aliphatic carbocycles. The molecule has 86 valence electrons. The lowest BCUT2D eigenvalue weighted by Gasteiger charge is -2.11. The van der Waals surface area contributed by atoms with Crippen LogP contribution >= 0.6 is 0 Å². The number of nitrogens with two attached hydrogens (primary N) is 1. The number of hydrogen-bond donors (Lipinski definition) is 3. The zero-order valence-electron chi connectivity index (χ0n) is 9.55. The Hall–Kier alpha value is -2.04. The zero-order chi connectivity index (χ0) is 12.3. The van der Waals surface area contributed by atoms with Gasteiger partial charge in [-0.15, -0.1) is 0 Å². The minimum atomic E-state index is -0.796. The van der Waals surface area contributed by atoms with Crippen molar-refractivity contribution in [3.8, 4) is 0 Å². The number of benzene rings is 1. The molecule has 0 radical (unpaired) electrons. The highest BCUT2D eigenvalue weighted by atomic mass is 16.2. The van der Waals surface area contributed by atoms with Crippen LogP contribution in [0.5, 0.6) is 0 Å². The highest BCUT2D eigenvalue weighted by Gasteiger charge is 2.12. The zero-order valence-corrected chi connectivity index (χ0v) is 9.55. The highest BCUT2D eigenvalue weighted by molar-refractivity contribution is 5.97. The minimum absolute atomic E-state index is 0.367. The van der Waals surface area contributed by atoms with E-state index in [1.165, 1.54) is 0 Å². The summed E-state index contributed by atoms with van der Waals surface area (Å²) in [6.45, 7) is 5.65. The van der Waals surface area contributed by atoms with Crippen molar-refractivity contribution in [2.45, 2.75) is 20.8 Å². The third-order valence-electron chi connectivity index (χ3n) is 2.20. The maximum absolute atomic E-state index is 11.7. The first-order valence-corrected chi connectivity index (χ1v) is 4.85. The summed E-state index contributed by atoms with van der Waals surface area (Å²) in [4.78, 5) is 22.2. The number of aryl methyl sites for hydroxylation is 3. The van der Waals surface area contributed by atoms with Crippen LogP contribution in [0.1, 0.15) is 27.0 Å². The first kappa shape index (κ1) is 12.0. The number of carbonyl (C=O) groups is 2. The fraction of sp³-hybridized carbons (Fsp3) is 0.273. The standard InChI is InChI=1S/C11H15N3O2/c1-6-4-7(2)9(8(3)5-6)10(15)13-14-11(12)16/h4-5H,1-3H3,(H,13,15)(H3,12,14,16). The lowest BCUT2D eigenvalue weighted by molar-refractivity contribution is 0.0936. The van der Waals surface area contributed by atoms with E-state index in [-0.39, 0.29) is 5.91 Å². The second kappa shape index (κ2) is 4.65. The average Bonchev–Trinajstić information content (AvgIpc) is 2.12. The van der Waals surface area contributed by atoms with Gasteiger partial charge >= 0.3 is 6.03 Å². The van der Waals surface area contributed by atoms with Gasteiger partial charge in [0, 0.05) is 5.56 Å². The molecule has 3 amide bonds. The summed E-state index contributed by atoms with van der Waals surface area (Å²) in [6, 6.07) is 3.02. The summed E-state index contributed by atoms with van der Waals surface area (Å²) >= 11 is 0. The second-order valence-electron chi connectivity index (χ2n) is 3.72. The Morgan fingerprint density at radius 1 is 1.06 bits per heavy atom. The van der Waals surface area contributed by atoms with Gasteiger partial charge in [0.05, 0.1) is 0 Å². The van der Waals surface area contributed by atoms with E-state index in [0.717, 1.165) is 16.7 Å². The van der Waals surface area contributed by atoms with Crippen LogP contribution < -0.4 is 16.6 Å². The monoisotopic (exact) mass is 221 g/mol. The van der Waals surface area contributed by atoms with Gasteiger partial charge in [0.2, 0.25) is 0 Å². The average molecular weight is 221 g/mol. The van der Waals surface area contributed by atoms with Crippen LogP contribution in [0.3, 0.4) is 0 Å². The molecule has 1 rings (SSSR count). The van der Waals surface area contributed by atoms with Gasteiger partial charge in [0.15, 0.2) is 0 Å². The summed E-state index contributed by atoms with van der Waals surface area (Å²) in [5, 5.41) is 0. The van der Waals surface area contributed by atoms with E-state index in [0.29, 0.717) is 5.56 Å². The number of hydrazine groups is 1. The quantitative estimate of drug-likeness (QED) is 0.616. The van der Waals surface area contributed by atoms with Gasteiger partial charge in [0.25, 0.3) is 5.91 Å². The second-order valence-corrected chi connectivity index (χ2v) is 3.72. The summed E-state index contributed by atoms with van der Waals surface area (Å²) < 4.78 is 0. The van der Waals surface area contributed by atoms with Crippen molar-refractivity contribution in [1.29, 1.82) is 0 Å². The first-order chi connectivity index (χ1) is 7.41. The lowest BCUT2D eigenvalue weighted by atomic mass is 9.99. The van der Waals surface area contributed by atoms with Crippen LogP contribution in [0.25, 0.3) is 0 Å². The van der Waals surface area contributed by atoms with Crippen LogP contribution in [0.4, 0.5) is 4.79 Å². The van der Waals surface area contributed by atoms with Crippen LogP contribution in [0.15, 0.2) is 12.1 Å². The van der Waals surface area contributed by atoms with Crippen molar-refractivity contribution in [2.24, 2.45) is 5.73 Å². The molecular formula is C11H15N3O2. The summed E-state index contributed by atoms with van der Waals surface area (Å²) in [7, 11) is 0. The molecule has 0 aliphatic heterocycles. The Morgan fingerprint density at radius 3 is 2.00 bits per heavy atom. The fourth-order valence-corrected chi connectivity index (χ4v) is 1.72. The molecule has 5 nitrogen and oxygen atoms in total. The molecular weight excluding hydrogens is 206 g/mol. The number of hydrogen-bond acceptors (Lipinski definition) is 2. The van der Waals surface area contributed by atoms with E-state index in [2.05, 4.69) is 10.9 Å². The molecule has 0 unspecified atom stereocenters. The number of nitrogens with one attached hydrogen (secondary N) is 2. The molecule has 0 spiro atoms. The maximum Gasteiger partial charge on any atom is 0.330 e. The van der Waals surface area contributed by atoms with Crippen molar-refractivity contribution < 1.29 is 9.59 Å². The smallest absolute Gasteiger partial charge is 0.330 e. The van der Waals surface area contributed by atoms with Crippen molar-refractivity contribution in [3.05, 3.63) is 34.4 Å². The Labute approximate surface area is 94.0 Å². The van der Waals surface area contributed by atoms with Gasteiger partial charge in [-0.3, -0.25) is 10.2 Å². The molecule has 16 heavy (non-hydrogen) atoms. The molecule has 0 saturated carbocycles. The van der Waals surface area contributed by atoms with Crippen molar-refractivity contribution in [3.63, 3.8) is 0 Å². The number of rotatable bonds is 1. The number of amides is 3. The van der Waals surface area contributed by atoms with Crippen molar-refractivity contribution in [2.75, 3.05) is 0 Å². The summed E-state index contributed by atoms with van der Waals surface area (Å²) in [6.07, 6.45) is 0. The summed E-state index contributed by atoms with van der Waals surface area (Å²) in [5.74, 6) is -0.367. The Balaban J connectivity index is 2.95. The summed E-state index contributed by atoms with van der Waals surface area (Å²) in [5.41, 5.74) is 12.5. The molecule has 0 heterocycles. The highest BCUT2D eigenvalue weighted by Crippen LogP contribution is 2.15. The van der Waals surface area contributed by atoms with Gasteiger partial charge in [-0.25, -0.2) is 10.2 Å². The van der Waals surface area contributed by atoms with E-state index in [1.54, 1.807) is 0 Å². The molecule has 0 fully saturated rings. The minimum Gasteiger partial charge on any atom is -0.350 e. The lowest BCUT2D eigenvalue weighted by Crippen LogP contribution is -2.44. The van der Waals surface area contributed by atoms with E-state index in [9.17, 15) is 9.59 Å². The van der Waals surface area contributed by atoms with Gasteiger partial charge in [-0.05, 0) is 31.9 Å². The first-order valence-electron chi connectivity index (χ1n) is 4.85. The fourth-order valence-electron chi connectivity index (χ4n) is 1.72. The predicted molar refractivity (Wildman–Crippen MR) is 60.8 cm³/mol. The Bertz CT molecular complexity index is 418. The topological polar surface area (TPSA) is 84.2 Å². The maximum atomic E-state index is 11.7. The van der Waals surface area contributed by atoms with Crippen LogP contribution in [0.2, 0.25) is 0 Å². The largest absolute Gasteiger partial charge is 0.350 e. The van der Waals surface area contributed by atoms with Crippen LogP contribution in [-0.2, 0) is 0 Å². The van der Waals surface area contributed by atoms with E-state index in [4.69, 9.17) is 5.73 Å². The predicted octanol–water partition coefficient (Wildman–Crippen LogP) is 0.925. The van der Waals surface area contributed by atoms with Gasteiger partial charge in [-0.1, -0.05) is 17.7 Å². The SMILES string of the molecule is Cc1cc(C)c(C(=O)NNC(N)=O)c(C)c1. The van der Waals surface area contributed by atoms with E-state index < -0.39 is 6.03 Å². The molecule has 0 aliphatic rings. The number of carbonyl (C=O) groups excluding carboxylic acids is 2. The van der Waals surface area contributed by atoms with Gasteiger partial charge in [-0.2, -0.15) is 0 Å². The normalized spacial score (nSPS) is 9.69. The van der Waals surface area contributed by atoms with Crippen LogP contribution in [0, 0.1) is 20.8 Å². The Kier molecular flexibility index (Phi) is 3.50. The number of urea groups is 1. The molecule has 1 aromatic carbocycles. The van der Waals surface area contributed by atoms with Crippen LogP contribution in [-0.4, -0.2) is 11.9 Å².